The number of nitrogens with zero attached hydrogens (tertiary/aromatic N) is 2. The van der Waals surface area contributed by atoms with Crippen LogP contribution in [0.15, 0.2) is 78.5 Å². The number of fused-ring (bicyclic) bond motifs is 1. The highest BCUT2D eigenvalue weighted by molar-refractivity contribution is 6.31. The maximum absolute atomic E-state index is 12.8. The van der Waals surface area contributed by atoms with Gasteiger partial charge < -0.3 is 9.88 Å². The molecule has 4 nitrogen and oxygen atoms in total. The summed E-state index contributed by atoms with van der Waals surface area (Å²) < 4.78 is 2.08. The Morgan fingerprint density at radius 2 is 1.84 bits per heavy atom. The normalized spacial score (nSPS) is 11.4. The van der Waals surface area contributed by atoms with Crippen LogP contribution >= 0.6 is 23.2 Å². The molecule has 0 aliphatic rings. The monoisotopic (exact) mass is 459 g/mol. The van der Waals surface area contributed by atoms with E-state index in [0.717, 1.165) is 27.6 Å². The summed E-state index contributed by atoms with van der Waals surface area (Å²) in [6.07, 6.45) is 3.56. The van der Waals surface area contributed by atoms with Gasteiger partial charge in [0.15, 0.2) is 0 Å². The number of anilines is 1. The second kappa shape index (κ2) is 9.32. The molecule has 0 spiro atoms. The Morgan fingerprint density at radius 3 is 2.62 bits per heavy atom. The van der Waals surface area contributed by atoms with Crippen LogP contribution in [0.3, 0.4) is 0 Å². The van der Waals surface area contributed by atoms with Gasteiger partial charge in [-0.2, -0.15) is 5.26 Å². The van der Waals surface area contributed by atoms with Gasteiger partial charge in [0.05, 0.1) is 0 Å². The zero-order valence-corrected chi connectivity index (χ0v) is 18.8. The number of hydrogen-bond donors (Lipinski definition) is 1. The molecular formula is C26H19Cl2N3O. The first-order chi connectivity index (χ1) is 15.4. The van der Waals surface area contributed by atoms with Gasteiger partial charge in [-0.15, -0.1) is 0 Å². The number of para-hydroxylation sites is 1. The molecule has 0 aliphatic heterocycles. The summed E-state index contributed by atoms with van der Waals surface area (Å²) in [4.78, 5) is 12.8. The molecule has 4 aromatic rings. The number of aromatic nitrogens is 1. The van der Waals surface area contributed by atoms with Crippen LogP contribution in [-0.4, -0.2) is 10.5 Å². The number of amides is 1. The topological polar surface area (TPSA) is 57.8 Å². The van der Waals surface area contributed by atoms with E-state index in [4.69, 9.17) is 23.2 Å². The Morgan fingerprint density at radius 1 is 1.06 bits per heavy atom. The quantitative estimate of drug-likeness (QED) is 0.262. The molecule has 32 heavy (non-hydrogen) atoms. The fraction of sp³-hybridized carbons (Fsp3) is 0.0769. The van der Waals surface area contributed by atoms with E-state index in [2.05, 4.69) is 9.88 Å². The highest BCUT2D eigenvalue weighted by Crippen LogP contribution is 2.26. The molecule has 0 fully saturated rings. The van der Waals surface area contributed by atoms with Crippen LogP contribution in [0, 0.1) is 18.3 Å². The first-order valence-corrected chi connectivity index (χ1v) is 10.7. The second-order valence-electron chi connectivity index (χ2n) is 7.44. The minimum absolute atomic E-state index is 0.00929. The Bertz CT molecular complexity index is 1400. The van der Waals surface area contributed by atoms with Crippen molar-refractivity contribution in [1.82, 2.24) is 4.57 Å². The third-order valence-electron chi connectivity index (χ3n) is 5.17. The van der Waals surface area contributed by atoms with Crippen molar-refractivity contribution >= 4 is 51.8 Å². The standard InChI is InChI=1S/C26H19Cl2N3O/c1-17-9-10-22(28)13-24(17)30-26(32)19(14-29)12-20-16-31(25-8-3-2-7-23(20)25)15-18-5-4-6-21(27)11-18/h2-13,16H,15H2,1H3,(H,30,32)/b19-12+. The van der Waals surface area contributed by atoms with Gasteiger partial charge in [0.25, 0.3) is 5.91 Å². The van der Waals surface area contributed by atoms with Crippen LogP contribution in [0.25, 0.3) is 17.0 Å². The molecule has 1 heterocycles. The molecule has 1 N–H and O–H groups in total. The summed E-state index contributed by atoms with van der Waals surface area (Å²) in [5.74, 6) is -0.482. The van der Waals surface area contributed by atoms with Crippen LogP contribution in [0.4, 0.5) is 5.69 Å². The van der Waals surface area contributed by atoms with Crippen molar-refractivity contribution in [2.75, 3.05) is 5.32 Å². The minimum Gasteiger partial charge on any atom is -0.342 e. The van der Waals surface area contributed by atoms with Gasteiger partial charge in [0.1, 0.15) is 11.6 Å². The molecule has 6 heteroatoms. The average molecular weight is 460 g/mol. The fourth-order valence-corrected chi connectivity index (χ4v) is 3.96. The van der Waals surface area contributed by atoms with Gasteiger partial charge in [-0.25, -0.2) is 0 Å². The van der Waals surface area contributed by atoms with E-state index in [1.165, 1.54) is 0 Å². The van der Waals surface area contributed by atoms with Gasteiger partial charge in [0, 0.05) is 44.9 Å². The van der Waals surface area contributed by atoms with Crippen LogP contribution in [0.1, 0.15) is 16.7 Å². The molecule has 0 radical (unpaired) electrons. The van der Waals surface area contributed by atoms with Gasteiger partial charge in [-0.3, -0.25) is 4.79 Å². The summed E-state index contributed by atoms with van der Waals surface area (Å²) in [6, 6.07) is 22.8. The Labute approximate surface area is 196 Å². The number of rotatable bonds is 5. The fourth-order valence-electron chi connectivity index (χ4n) is 3.58. The highest BCUT2D eigenvalue weighted by Gasteiger charge is 2.14. The van der Waals surface area contributed by atoms with Crippen LogP contribution < -0.4 is 5.32 Å². The van der Waals surface area contributed by atoms with E-state index in [1.807, 2.05) is 73.8 Å². The largest absolute Gasteiger partial charge is 0.342 e. The Balaban J connectivity index is 1.69. The molecule has 3 aromatic carbocycles. The Kier molecular flexibility index (Phi) is 6.32. The maximum atomic E-state index is 12.8. The van der Waals surface area contributed by atoms with Crippen molar-refractivity contribution in [3.63, 3.8) is 0 Å². The molecule has 0 aliphatic carbocycles. The third-order valence-corrected chi connectivity index (χ3v) is 5.64. The molecule has 0 atom stereocenters. The van der Waals surface area contributed by atoms with Gasteiger partial charge in [-0.05, 0) is 54.5 Å². The lowest BCUT2D eigenvalue weighted by atomic mass is 10.1. The predicted molar refractivity (Wildman–Crippen MR) is 131 cm³/mol. The van der Waals surface area contributed by atoms with E-state index in [9.17, 15) is 10.1 Å². The smallest absolute Gasteiger partial charge is 0.266 e. The lowest BCUT2D eigenvalue weighted by Crippen LogP contribution is -2.14. The van der Waals surface area contributed by atoms with Gasteiger partial charge in [0.2, 0.25) is 0 Å². The van der Waals surface area contributed by atoms with Crippen molar-refractivity contribution in [1.29, 1.82) is 5.26 Å². The zero-order chi connectivity index (χ0) is 22.7. The second-order valence-corrected chi connectivity index (χ2v) is 8.32. The summed E-state index contributed by atoms with van der Waals surface area (Å²) >= 11 is 12.2. The Hall–Kier alpha value is -3.52. The number of nitrogens with one attached hydrogen (secondary N) is 1. The first-order valence-electron chi connectivity index (χ1n) is 9.96. The number of carbonyl (C=O) groups excluding carboxylic acids is 1. The molecule has 0 bridgehead atoms. The SMILES string of the molecule is Cc1ccc(Cl)cc1NC(=O)/C(C#N)=C/c1cn(Cc2cccc(Cl)c2)c2ccccc12. The molecule has 4 rings (SSSR count). The predicted octanol–water partition coefficient (Wildman–Crippen LogP) is 6.85. The van der Waals surface area contributed by atoms with Crippen molar-refractivity contribution in [2.45, 2.75) is 13.5 Å². The van der Waals surface area contributed by atoms with Crippen LogP contribution in [0.5, 0.6) is 0 Å². The highest BCUT2D eigenvalue weighted by atomic mass is 35.5. The van der Waals surface area contributed by atoms with E-state index < -0.39 is 5.91 Å². The lowest BCUT2D eigenvalue weighted by Gasteiger charge is -2.08. The van der Waals surface area contributed by atoms with Crippen molar-refractivity contribution in [3.8, 4) is 6.07 Å². The van der Waals surface area contributed by atoms with Gasteiger partial charge >= 0.3 is 0 Å². The molecule has 0 unspecified atom stereocenters. The summed E-state index contributed by atoms with van der Waals surface area (Å²) in [5, 5.41) is 14.6. The maximum Gasteiger partial charge on any atom is 0.266 e. The van der Waals surface area contributed by atoms with E-state index >= 15 is 0 Å². The number of hydrogen-bond acceptors (Lipinski definition) is 2. The average Bonchev–Trinajstić information content (AvgIpc) is 3.12. The molecule has 0 saturated carbocycles. The molecule has 0 saturated heterocycles. The van der Waals surface area contributed by atoms with Crippen molar-refractivity contribution < 1.29 is 4.79 Å². The van der Waals surface area contributed by atoms with E-state index in [0.29, 0.717) is 22.3 Å². The van der Waals surface area contributed by atoms with E-state index in [-0.39, 0.29) is 5.57 Å². The molecule has 1 amide bonds. The lowest BCUT2D eigenvalue weighted by molar-refractivity contribution is -0.112. The number of aryl methyl sites for hydroxylation is 1. The van der Waals surface area contributed by atoms with Crippen LogP contribution in [-0.2, 0) is 11.3 Å². The minimum atomic E-state index is -0.482. The number of carbonyl (C=O) groups is 1. The first kappa shape index (κ1) is 21.7. The van der Waals surface area contributed by atoms with Crippen molar-refractivity contribution in [2.24, 2.45) is 0 Å². The number of nitriles is 1. The summed E-state index contributed by atoms with van der Waals surface area (Å²) in [5.41, 5.74) is 4.29. The van der Waals surface area contributed by atoms with Gasteiger partial charge in [-0.1, -0.05) is 59.6 Å². The molecule has 158 valence electrons. The number of halogens is 2. The third kappa shape index (κ3) is 4.70. The summed E-state index contributed by atoms with van der Waals surface area (Å²) in [7, 11) is 0. The van der Waals surface area contributed by atoms with Crippen LogP contribution in [0.2, 0.25) is 10.0 Å². The van der Waals surface area contributed by atoms with Crippen molar-refractivity contribution in [3.05, 3.63) is 105 Å². The molecule has 1 aromatic heterocycles. The zero-order valence-electron chi connectivity index (χ0n) is 17.3. The van der Waals surface area contributed by atoms with E-state index in [1.54, 1.807) is 18.2 Å². The molecular weight excluding hydrogens is 441 g/mol. The number of benzene rings is 3. The summed E-state index contributed by atoms with van der Waals surface area (Å²) in [6.45, 7) is 2.48.